The molecule has 4 heteroatoms. The van der Waals surface area contributed by atoms with Gasteiger partial charge in [-0.15, -0.1) is 0 Å². The number of hydrogen-bond acceptors (Lipinski definition) is 2. The first-order valence-corrected chi connectivity index (χ1v) is 8.00. The van der Waals surface area contributed by atoms with Crippen LogP contribution in [0.2, 0.25) is 0 Å². The zero-order valence-electron chi connectivity index (χ0n) is 14.4. The molecule has 22 heavy (non-hydrogen) atoms. The Morgan fingerprint density at radius 3 is 1.82 bits per heavy atom. The first kappa shape index (κ1) is 18.2. The summed E-state index contributed by atoms with van der Waals surface area (Å²) in [5.74, 6) is -0.0862. The van der Waals surface area contributed by atoms with Gasteiger partial charge in [-0.3, -0.25) is 9.59 Å². The second kappa shape index (κ2) is 7.97. The van der Waals surface area contributed by atoms with Gasteiger partial charge >= 0.3 is 0 Å². The van der Waals surface area contributed by atoms with E-state index in [9.17, 15) is 9.59 Å². The van der Waals surface area contributed by atoms with Crippen LogP contribution < -0.4 is 5.32 Å². The lowest BCUT2D eigenvalue weighted by Gasteiger charge is -2.22. The Bertz CT molecular complexity index is 495. The molecule has 0 aliphatic rings. The third-order valence-corrected chi connectivity index (χ3v) is 3.16. The summed E-state index contributed by atoms with van der Waals surface area (Å²) >= 11 is 0. The van der Waals surface area contributed by atoms with Crippen LogP contribution in [0.5, 0.6) is 0 Å². The first-order chi connectivity index (χ1) is 10.3. The number of hydrogen-bond donors (Lipinski definition) is 1. The second-order valence-electron chi connectivity index (χ2n) is 6.57. The fourth-order valence-electron chi connectivity index (χ4n) is 2.21. The van der Waals surface area contributed by atoms with Gasteiger partial charge in [-0.05, 0) is 57.9 Å². The van der Waals surface area contributed by atoms with Crippen molar-refractivity contribution < 1.29 is 9.59 Å². The van der Waals surface area contributed by atoms with Crippen LogP contribution in [0.1, 0.15) is 68.2 Å². The molecular weight excluding hydrogens is 276 g/mol. The minimum Gasteiger partial charge on any atom is -0.347 e. The van der Waals surface area contributed by atoms with Gasteiger partial charge in [0.15, 0.2) is 0 Å². The third kappa shape index (κ3) is 5.51. The van der Waals surface area contributed by atoms with Crippen molar-refractivity contribution in [3.8, 4) is 0 Å². The van der Waals surface area contributed by atoms with Gasteiger partial charge in [-0.25, -0.2) is 0 Å². The first-order valence-electron chi connectivity index (χ1n) is 8.00. The van der Waals surface area contributed by atoms with Crippen LogP contribution in [-0.2, 0) is 0 Å². The Morgan fingerprint density at radius 1 is 0.955 bits per heavy atom. The zero-order chi connectivity index (χ0) is 16.8. The highest BCUT2D eigenvalue weighted by Gasteiger charge is 2.17. The highest BCUT2D eigenvalue weighted by atomic mass is 16.2. The lowest BCUT2D eigenvalue weighted by molar-refractivity contribution is 0.0754. The predicted octanol–water partition coefficient (Wildman–Crippen LogP) is 3.48. The van der Waals surface area contributed by atoms with E-state index < -0.39 is 0 Å². The van der Waals surface area contributed by atoms with Crippen LogP contribution >= 0.6 is 0 Å². The quantitative estimate of drug-likeness (QED) is 0.874. The zero-order valence-corrected chi connectivity index (χ0v) is 14.4. The van der Waals surface area contributed by atoms with Crippen LogP contribution in [0.4, 0.5) is 0 Å². The molecule has 2 amide bonds. The van der Waals surface area contributed by atoms with Crippen molar-refractivity contribution in [2.45, 2.75) is 53.0 Å². The molecule has 0 aliphatic carbocycles. The van der Waals surface area contributed by atoms with Crippen molar-refractivity contribution in [2.75, 3.05) is 13.1 Å². The molecule has 0 saturated heterocycles. The Morgan fingerprint density at radius 2 is 1.41 bits per heavy atom. The van der Waals surface area contributed by atoms with E-state index in [0.29, 0.717) is 11.1 Å². The number of rotatable bonds is 6. The summed E-state index contributed by atoms with van der Waals surface area (Å²) in [5, 5.41) is 2.91. The maximum Gasteiger partial charge on any atom is 0.253 e. The Labute approximate surface area is 133 Å². The van der Waals surface area contributed by atoms with Crippen LogP contribution in [0.3, 0.4) is 0 Å². The third-order valence-electron chi connectivity index (χ3n) is 3.16. The van der Waals surface area contributed by atoms with Crippen molar-refractivity contribution in [1.29, 1.82) is 0 Å². The van der Waals surface area contributed by atoms with Crippen LogP contribution in [0, 0.1) is 0 Å². The van der Waals surface area contributed by atoms with E-state index in [2.05, 4.69) is 19.2 Å². The molecule has 1 aromatic rings. The molecule has 0 aliphatic heterocycles. The fourth-order valence-corrected chi connectivity index (χ4v) is 2.21. The highest BCUT2D eigenvalue weighted by Crippen LogP contribution is 2.10. The topological polar surface area (TPSA) is 49.4 Å². The highest BCUT2D eigenvalue weighted by molar-refractivity contribution is 5.98. The normalized spacial score (nSPS) is 11.1. The summed E-state index contributed by atoms with van der Waals surface area (Å²) in [6.45, 7) is 11.5. The molecule has 122 valence electrons. The summed E-state index contributed by atoms with van der Waals surface area (Å²) in [6.07, 6.45) is 1.88. The SMILES string of the molecule is CCCN(CCC)C(=O)c1ccc(C(=O)NC(C)(C)C)cc1. The molecule has 0 unspecified atom stereocenters. The maximum absolute atomic E-state index is 12.5. The molecule has 0 fully saturated rings. The molecule has 1 N–H and O–H groups in total. The minimum absolute atomic E-state index is 0.0338. The fraction of sp³-hybridized carbons (Fsp3) is 0.556. The van der Waals surface area contributed by atoms with Gasteiger partial charge in [0.25, 0.3) is 11.8 Å². The molecule has 0 radical (unpaired) electrons. The van der Waals surface area contributed by atoms with Gasteiger partial charge in [0.1, 0.15) is 0 Å². The van der Waals surface area contributed by atoms with Gasteiger partial charge in [0.05, 0.1) is 0 Å². The van der Waals surface area contributed by atoms with Gasteiger partial charge in [0, 0.05) is 29.8 Å². The lowest BCUT2D eigenvalue weighted by Crippen LogP contribution is -2.40. The molecule has 1 rings (SSSR count). The molecule has 0 aromatic heterocycles. The summed E-state index contributed by atoms with van der Waals surface area (Å²) in [5.41, 5.74) is 0.933. The minimum atomic E-state index is -0.273. The lowest BCUT2D eigenvalue weighted by atomic mass is 10.1. The second-order valence-corrected chi connectivity index (χ2v) is 6.57. The number of carbonyl (C=O) groups excluding carboxylic acids is 2. The number of nitrogens with one attached hydrogen (secondary N) is 1. The van der Waals surface area contributed by atoms with Gasteiger partial charge in [-0.2, -0.15) is 0 Å². The van der Waals surface area contributed by atoms with Crippen LogP contribution in [-0.4, -0.2) is 35.3 Å². The van der Waals surface area contributed by atoms with E-state index in [4.69, 9.17) is 0 Å². The molecule has 0 heterocycles. The van der Waals surface area contributed by atoms with Crippen LogP contribution in [0.25, 0.3) is 0 Å². The molecule has 0 spiro atoms. The average Bonchev–Trinajstić information content (AvgIpc) is 2.44. The smallest absolute Gasteiger partial charge is 0.253 e. The molecule has 4 nitrogen and oxygen atoms in total. The predicted molar refractivity (Wildman–Crippen MR) is 90.1 cm³/mol. The Balaban J connectivity index is 2.83. The summed E-state index contributed by atoms with van der Waals surface area (Å²) < 4.78 is 0. The Hall–Kier alpha value is -1.84. The van der Waals surface area contributed by atoms with E-state index in [1.165, 1.54) is 0 Å². The van der Waals surface area contributed by atoms with Gasteiger partial charge < -0.3 is 10.2 Å². The van der Waals surface area contributed by atoms with Crippen molar-refractivity contribution in [3.05, 3.63) is 35.4 Å². The standard InChI is InChI=1S/C18H28N2O2/c1-6-12-20(13-7-2)17(22)15-10-8-14(9-11-15)16(21)19-18(3,4)5/h8-11H,6-7,12-13H2,1-5H3,(H,19,21). The number of benzene rings is 1. The average molecular weight is 304 g/mol. The largest absolute Gasteiger partial charge is 0.347 e. The molecular formula is C18H28N2O2. The molecule has 0 bridgehead atoms. The van der Waals surface area contributed by atoms with Gasteiger partial charge in [0.2, 0.25) is 0 Å². The molecule has 0 atom stereocenters. The van der Waals surface area contributed by atoms with Crippen molar-refractivity contribution in [2.24, 2.45) is 0 Å². The van der Waals surface area contributed by atoms with E-state index in [1.54, 1.807) is 24.3 Å². The molecule has 1 aromatic carbocycles. The monoisotopic (exact) mass is 304 g/mol. The summed E-state index contributed by atoms with van der Waals surface area (Å²) in [6, 6.07) is 6.89. The maximum atomic E-state index is 12.5. The van der Waals surface area contributed by atoms with E-state index >= 15 is 0 Å². The summed E-state index contributed by atoms with van der Waals surface area (Å²) in [4.78, 5) is 26.4. The van der Waals surface area contributed by atoms with Gasteiger partial charge in [-0.1, -0.05) is 13.8 Å². The van der Waals surface area contributed by atoms with Crippen LogP contribution in [0.15, 0.2) is 24.3 Å². The summed E-state index contributed by atoms with van der Waals surface area (Å²) in [7, 11) is 0. The van der Waals surface area contributed by atoms with Crippen molar-refractivity contribution >= 4 is 11.8 Å². The van der Waals surface area contributed by atoms with Crippen molar-refractivity contribution in [1.82, 2.24) is 10.2 Å². The number of amides is 2. The van der Waals surface area contributed by atoms with Crippen molar-refractivity contribution in [3.63, 3.8) is 0 Å². The van der Waals surface area contributed by atoms with E-state index in [1.807, 2.05) is 25.7 Å². The van der Waals surface area contributed by atoms with E-state index in [-0.39, 0.29) is 17.4 Å². The van der Waals surface area contributed by atoms with E-state index in [0.717, 1.165) is 25.9 Å². The molecule has 0 saturated carbocycles. The number of carbonyl (C=O) groups is 2. The Kier molecular flexibility index (Phi) is 6.60. The number of nitrogens with zero attached hydrogens (tertiary/aromatic N) is 1.